The molecule has 3 rings (SSSR count). The predicted octanol–water partition coefficient (Wildman–Crippen LogP) is 1.27. The van der Waals surface area contributed by atoms with Gasteiger partial charge in [0.25, 0.3) is 0 Å². The highest BCUT2D eigenvalue weighted by molar-refractivity contribution is 7.89. The van der Waals surface area contributed by atoms with Crippen LogP contribution in [-0.4, -0.2) is 51.3 Å². The number of likely N-dealkylation sites (N-methyl/N-ethyl adjacent to an activating group) is 1. The molecule has 0 atom stereocenters. The second kappa shape index (κ2) is 7.36. The van der Waals surface area contributed by atoms with E-state index < -0.39 is 10.0 Å². The van der Waals surface area contributed by atoms with Crippen LogP contribution < -0.4 is 9.62 Å². The van der Waals surface area contributed by atoms with Crippen molar-refractivity contribution in [3.63, 3.8) is 0 Å². The molecule has 0 unspecified atom stereocenters. The summed E-state index contributed by atoms with van der Waals surface area (Å²) in [5, 5.41) is 0. The van der Waals surface area contributed by atoms with Crippen LogP contribution in [-0.2, 0) is 26.0 Å². The van der Waals surface area contributed by atoms with Crippen molar-refractivity contribution >= 4 is 27.5 Å². The molecule has 1 heterocycles. The summed E-state index contributed by atoms with van der Waals surface area (Å²) in [6.45, 7) is 2.07. The van der Waals surface area contributed by atoms with Crippen LogP contribution in [0.3, 0.4) is 0 Å². The lowest BCUT2D eigenvalue weighted by Crippen LogP contribution is -2.42. The number of fused-ring (bicyclic) bond motifs is 1. The van der Waals surface area contributed by atoms with Gasteiger partial charge in [-0.3, -0.25) is 9.59 Å². The van der Waals surface area contributed by atoms with Gasteiger partial charge < -0.3 is 9.80 Å². The molecule has 0 spiro atoms. The molecule has 0 saturated heterocycles. The molecule has 1 fully saturated rings. The van der Waals surface area contributed by atoms with Crippen LogP contribution in [0.15, 0.2) is 23.1 Å². The van der Waals surface area contributed by atoms with Crippen molar-refractivity contribution in [3.05, 3.63) is 23.8 Å². The average molecular weight is 379 g/mol. The Bertz CT molecular complexity index is 816. The Kier molecular flexibility index (Phi) is 5.34. The van der Waals surface area contributed by atoms with E-state index in [1.165, 1.54) is 17.9 Å². The largest absolute Gasteiger partial charge is 0.339 e. The summed E-state index contributed by atoms with van der Waals surface area (Å²) < 4.78 is 27.7. The second-order valence-electron chi connectivity index (χ2n) is 6.97. The average Bonchev–Trinajstić information content (AvgIpc) is 3.20. The van der Waals surface area contributed by atoms with Gasteiger partial charge in [-0.05, 0) is 36.6 Å². The second-order valence-corrected chi connectivity index (χ2v) is 8.74. The summed E-state index contributed by atoms with van der Waals surface area (Å²) in [6.07, 6.45) is 4.41. The number of hydrogen-bond acceptors (Lipinski definition) is 4. The van der Waals surface area contributed by atoms with Crippen molar-refractivity contribution in [1.29, 1.82) is 0 Å². The van der Waals surface area contributed by atoms with E-state index in [0.29, 0.717) is 6.54 Å². The zero-order valence-corrected chi connectivity index (χ0v) is 16.0. The number of rotatable bonds is 6. The smallest absolute Gasteiger partial charge is 0.240 e. The number of benzene rings is 1. The van der Waals surface area contributed by atoms with Crippen molar-refractivity contribution < 1.29 is 18.0 Å². The SMILES string of the molecule is CC(=O)N(CCNS(=O)(=O)c1ccc2c(c1)CC(=O)N2C)C1CCCC1. The lowest BCUT2D eigenvalue weighted by atomic mass is 10.2. The fourth-order valence-corrected chi connectivity index (χ4v) is 4.88. The molecule has 1 aromatic carbocycles. The Labute approximate surface area is 154 Å². The lowest BCUT2D eigenvalue weighted by molar-refractivity contribution is -0.131. The van der Waals surface area contributed by atoms with Gasteiger partial charge in [0.05, 0.1) is 11.3 Å². The minimum atomic E-state index is -3.68. The van der Waals surface area contributed by atoms with E-state index in [0.717, 1.165) is 36.9 Å². The van der Waals surface area contributed by atoms with E-state index in [2.05, 4.69) is 4.72 Å². The first kappa shape index (κ1) is 18.8. The maximum atomic E-state index is 12.6. The molecule has 1 N–H and O–H groups in total. The molecule has 2 aliphatic rings. The lowest BCUT2D eigenvalue weighted by Gasteiger charge is -2.27. The van der Waals surface area contributed by atoms with E-state index in [-0.39, 0.29) is 35.7 Å². The van der Waals surface area contributed by atoms with Gasteiger partial charge in [-0.25, -0.2) is 13.1 Å². The molecule has 2 amide bonds. The summed E-state index contributed by atoms with van der Waals surface area (Å²) in [7, 11) is -2.00. The van der Waals surface area contributed by atoms with Gasteiger partial charge in [-0.1, -0.05) is 12.8 Å². The van der Waals surface area contributed by atoms with Gasteiger partial charge in [0.1, 0.15) is 0 Å². The molecule has 8 heteroatoms. The maximum absolute atomic E-state index is 12.6. The molecule has 0 radical (unpaired) electrons. The Morgan fingerprint density at radius 3 is 2.65 bits per heavy atom. The first-order valence-electron chi connectivity index (χ1n) is 8.96. The molecule has 1 aliphatic heterocycles. The van der Waals surface area contributed by atoms with Crippen LogP contribution in [0.2, 0.25) is 0 Å². The first-order chi connectivity index (χ1) is 12.3. The van der Waals surface area contributed by atoms with E-state index in [4.69, 9.17) is 0 Å². The van der Waals surface area contributed by atoms with Crippen LogP contribution in [0.1, 0.15) is 38.2 Å². The van der Waals surface area contributed by atoms with Gasteiger partial charge >= 0.3 is 0 Å². The molecule has 0 bridgehead atoms. The Hall–Kier alpha value is -1.93. The van der Waals surface area contributed by atoms with Crippen molar-refractivity contribution in [3.8, 4) is 0 Å². The third-order valence-corrected chi connectivity index (χ3v) is 6.71. The topological polar surface area (TPSA) is 86.8 Å². The van der Waals surface area contributed by atoms with Crippen LogP contribution in [0.4, 0.5) is 5.69 Å². The molecular weight excluding hydrogens is 354 g/mol. The van der Waals surface area contributed by atoms with E-state index in [9.17, 15) is 18.0 Å². The quantitative estimate of drug-likeness (QED) is 0.807. The number of sulfonamides is 1. The summed E-state index contributed by atoms with van der Waals surface area (Å²) in [4.78, 5) is 27.1. The van der Waals surface area contributed by atoms with Gasteiger partial charge in [-0.2, -0.15) is 0 Å². The van der Waals surface area contributed by atoms with Crippen LogP contribution in [0.25, 0.3) is 0 Å². The number of carbonyl (C=O) groups is 2. The first-order valence-corrected chi connectivity index (χ1v) is 10.4. The third kappa shape index (κ3) is 3.76. The highest BCUT2D eigenvalue weighted by Gasteiger charge is 2.27. The van der Waals surface area contributed by atoms with E-state index >= 15 is 0 Å². The minimum absolute atomic E-state index is 0.0184. The normalized spacial score (nSPS) is 17.6. The Morgan fingerprint density at radius 2 is 2.00 bits per heavy atom. The predicted molar refractivity (Wildman–Crippen MR) is 98.4 cm³/mol. The molecule has 142 valence electrons. The van der Waals surface area contributed by atoms with Gasteiger partial charge in [0.2, 0.25) is 21.8 Å². The van der Waals surface area contributed by atoms with Crippen molar-refractivity contribution in [1.82, 2.24) is 9.62 Å². The number of amides is 2. The minimum Gasteiger partial charge on any atom is -0.339 e. The number of anilines is 1. The maximum Gasteiger partial charge on any atom is 0.240 e. The molecule has 26 heavy (non-hydrogen) atoms. The fourth-order valence-electron chi connectivity index (χ4n) is 3.81. The van der Waals surface area contributed by atoms with Crippen molar-refractivity contribution in [2.75, 3.05) is 25.0 Å². The Balaban J connectivity index is 1.65. The van der Waals surface area contributed by atoms with Crippen LogP contribution >= 0.6 is 0 Å². The third-order valence-electron chi connectivity index (χ3n) is 5.25. The highest BCUT2D eigenvalue weighted by atomic mass is 32.2. The van der Waals surface area contributed by atoms with Gasteiger partial charge in [0.15, 0.2) is 0 Å². The molecule has 7 nitrogen and oxygen atoms in total. The molecule has 1 saturated carbocycles. The van der Waals surface area contributed by atoms with E-state index in [1.807, 2.05) is 0 Å². The highest BCUT2D eigenvalue weighted by Crippen LogP contribution is 2.29. The molecule has 1 aliphatic carbocycles. The van der Waals surface area contributed by atoms with Gasteiger partial charge in [0, 0.05) is 38.8 Å². The summed E-state index contributed by atoms with van der Waals surface area (Å²) in [6, 6.07) is 4.95. The Morgan fingerprint density at radius 1 is 1.31 bits per heavy atom. The monoisotopic (exact) mass is 379 g/mol. The summed E-state index contributed by atoms with van der Waals surface area (Å²) >= 11 is 0. The summed E-state index contributed by atoms with van der Waals surface area (Å²) in [5.41, 5.74) is 1.47. The standard InChI is InChI=1S/C18H25N3O4S/c1-13(22)21(15-5-3-4-6-15)10-9-19-26(24,25)16-7-8-17-14(11-16)12-18(23)20(17)2/h7-8,11,15,19H,3-6,9-10,12H2,1-2H3. The fraction of sp³-hybridized carbons (Fsp3) is 0.556. The molecule has 1 aromatic rings. The molecule has 0 aromatic heterocycles. The number of nitrogens with one attached hydrogen (secondary N) is 1. The van der Waals surface area contributed by atoms with Crippen molar-refractivity contribution in [2.45, 2.75) is 50.0 Å². The van der Waals surface area contributed by atoms with Crippen molar-refractivity contribution in [2.24, 2.45) is 0 Å². The van der Waals surface area contributed by atoms with Crippen LogP contribution in [0, 0.1) is 0 Å². The number of carbonyl (C=O) groups excluding carboxylic acids is 2. The number of nitrogens with zero attached hydrogens (tertiary/aromatic N) is 2. The zero-order chi connectivity index (χ0) is 18.9. The molecular formula is C18H25N3O4S. The van der Waals surface area contributed by atoms with Gasteiger partial charge in [-0.15, -0.1) is 0 Å². The van der Waals surface area contributed by atoms with Crippen LogP contribution in [0.5, 0.6) is 0 Å². The number of hydrogen-bond donors (Lipinski definition) is 1. The van der Waals surface area contributed by atoms with E-state index in [1.54, 1.807) is 24.1 Å². The summed E-state index contributed by atoms with van der Waals surface area (Å²) in [5.74, 6) is -0.0636. The zero-order valence-electron chi connectivity index (χ0n) is 15.2.